The number of H-pyrrole nitrogens is 1. The third kappa shape index (κ3) is 2.58. The second kappa shape index (κ2) is 5.43. The molecule has 11 heteroatoms. The van der Waals surface area contributed by atoms with Crippen LogP contribution in [-0.4, -0.2) is 22.9 Å². The molecule has 132 valence electrons. The molecule has 2 N–H and O–H groups in total. The summed E-state index contributed by atoms with van der Waals surface area (Å²) in [7, 11) is -4.00. The Morgan fingerprint density at radius 1 is 1.24 bits per heavy atom. The van der Waals surface area contributed by atoms with Crippen molar-refractivity contribution in [2.75, 3.05) is 0 Å². The summed E-state index contributed by atoms with van der Waals surface area (Å²) in [5.41, 5.74) is 1.17. The van der Waals surface area contributed by atoms with Crippen molar-refractivity contribution < 1.29 is 21.6 Å². The molecule has 2 aromatic rings. The summed E-state index contributed by atoms with van der Waals surface area (Å²) < 4.78 is 68.1. The molecule has 0 spiro atoms. The maximum Gasteiger partial charge on any atom is 0.416 e. The number of nitrogens with zero attached hydrogens (tertiary/aromatic N) is 2. The van der Waals surface area contributed by atoms with E-state index in [1.165, 1.54) is 16.3 Å². The molecule has 0 saturated heterocycles. The average Bonchev–Trinajstić information content (AvgIpc) is 3.21. The molecule has 2 aliphatic rings. The first-order chi connectivity index (χ1) is 11.8. The molecule has 1 unspecified atom stereocenters. The number of sulfonamides is 1. The van der Waals surface area contributed by atoms with E-state index in [2.05, 4.69) is 14.9 Å². The summed E-state index contributed by atoms with van der Waals surface area (Å²) in [6, 6.07) is 3.50. The molecule has 6 nitrogen and oxygen atoms in total. The van der Waals surface area contributed by atoms with E-state index in [4.69, 9.17) is 0 Å². The average molecular weight is 388 g/mol. The van der Waals surface area contributed by atoms with E-state index >= 15 is 0 Å². The van der Waals surface area contributed by atoms with Crippen molar-refractivity contribution >= 4 is 22.0 Å². The minimum atomic E-state index is -4.52. The number of halogens is 3. The van der Waals surface area contributed by atoms with Crippen molar-refractivity contribution in [1.29, 1.82) is 0 Å². The Kier molecular flexibility index (Phi) is 3.55. The largest absolute Gasteiger partial charge is 0.416 e. The topological polar surface area (TPSA) is 78.1 Å². The summed E-state index contributed by atoms with van der Waals surface area (Å²) in [5.74, 6) is 0. The smallest absolute Gasteiger partial charge is 0.334 e. The van der Waals surface area contributed by atoms with Gasteiger partial charge < -0.3 is 4.72 Å². The molecule has 0 saturated carbocycles. The predicted molar refractivity (Wildman–Crippen MR) is 84.3 cm³/mol. The number of fused-ring (bicyclic) bond motifs is 3. The first kappa shape index (κ1) is 16.3. The molecule has 0 fully saturated rings. The number of aromatic nitrogens is 2. The highest BCUT2D eigenvalue weighted by Crippen LogP contribution is 2.46. The number of benzene rings is 1. The number of nitrogens with one attached hydrogen (secondary N) is 2. The monoisotopic (exact) mass is 388 g/mol. The Hall–Kier alpha value is -2.14. The first-order valence-corrected chi connectivity index (χ1v) is 9.44. The van der Waals surface area contributed by atoms with Gasteiger partial charge in [-0.25, -0.2) is 8.42 Å². The Labute approximate surface area is 145 Å². The summed E-state index contributed by atoms with van der Waals surface area (Å²) >= 11 is 1.33. The third-order valence-corrected chi connectivity index (χ3v) is 6.80. The molecule has 0 amide bonds. The Bertz CT molecular complexity index is 951. The predicted octanol–water partition coefficient (Wildman–Crippen LogP) is 2.77. The van der Waals surface area contributed by atoms with Crippen molar-refractivity contribution in [2.24, 2.45) is 0 Å². The second-order valence-electron chi connectivity index (χ2n) is 5.53. The lowest BCUT2D eigenvalue weighted by atomic mass is 10.1. The van der Waals surface area contributed by atoms with Crippen LogP contribution in [0.5, 0.6) is 0 Å². The van der Waals surface area contributed by atoms with Crippen LogP contribution >= 0.6 is 11.9 Å². The van der Waals surface area contributed by atoms with E-state index in [9.17, 15) is 21.6 Å². The van der Waals surface area contributed by atoms with Gasteiger partial charge in [-0.15, -0.1) is 0 Å². The van der Waals surface area contributed by atoms with Gasteiger partial charge >= 0.3 is 6.18 Å². The molecule has 0 aliphatic carbocycles. The standard InChI is InChI=1S/C14H11F3N4O2S2/c15-14(16,17)9-1-3-10(4-2-9)25(22,23)21-7-8-5-18-20-12(8)13-11(21)6-19-24-13/h1-6,13,19H,7H2,(H,18,20). The summed E-state index contributed by atoms with van der Waals surface area (Å²) in [6.07, 6.45) is -1.38. The van der Waals surface area contributed by atoms with Crippen LogP contribution < -0.4 is 4.72 Å². The van der Waals surface area contributed by atoms with Crippen LogP contribution in [-0.2, 0) is 22.7 Å². The Morgan fingerprint density at radius 3 is 2.64 bits per heavy atom. The Morgan fingerprint density at radius 2 is 1.96 bits per heavy atom. The molecule has 25 heavy (non-hydrogen) atoms. The zero-order valence-electron chi connectivity index (χ0n) is 12.4. The fourth-order valence-corrected chi connectivity index (χ4v) is 5.30. The third-order valence-electron chi connectivity index (χ3n) is 4.05. The van der Waals surface area contributed by atoms with Gasteiger partial charge in [-0.2, -0.15) is 18.3 Å². The molecule has 1 aromatic carbocycles. The van der Waals surface area contributed by atoms with E-state index in [0.717, 1.165) is 35.5 Å². The van der Waals surface area contributed by atoms with Crippen LogP contribution in [0.1, 0.15) is 22.1 Å². The van der Waals surface area contributed by atoms with Gasteiger partial charge in [0.2, 0.25) is 0 Å². The lowest BCUT2D eigenvalue weighted by molar-refractivity contribution is -0.137. The van der Waals surface area contributed by atoms with Crippen LogP contribution in [0.15, 0.2) is 47.3 Å². The van der Waals surface area contributed by atoms with Crippen molar-refractivity contribution in [3.63, 3.8) is 0 Å². The number of alkyl halides is 3. The van der Waals surface area contributed by atoms with Gasteiger partial charge in [0.15, 0.2) is 0 Å². The van der Waals surface area contributed by atoms with Crippen molar-refractivity contribution in [1.82, 2.24) is 19.2 Å². The maximum absolute atomic E-state index is 13.0. The maximum atomic E-state index is 13.0. The molecule has 0 radical (unpaired) electrons. The normalized spacial score (nSPS) is 19.9. The summed E-state index contributed by atoms with van der Waals surface area (Å²) in [5, 5.41) is 6.55. The molecule has 2 aliphatic heterocycles. The highest BCUT2D eigenvalue weighted by Gasteiger charge is 2.41. The highest BCUT2D eigenvalue weighted by molar-refractivity contribution is 7.98. The molecule has 1 atom stereocenters. The van der Waals surface area contributed by atoms with Crippen molar-refractivity contribution in [2.45, 2.75) is 22.9 Å². The molecule has 0 bridgehead atoms. The van der Waals surface area contributed by atoms with Gasteiger partial charge in [0.25, 0.3) is 10.0 Å². The van der Waals surface area contributed by atoms with E-state index < -0.39 is 21.8 Å². The second-order valence-corrected chi connectivity index (χ2v) is 8.33. The number of hydrogen-bond donors (Lipinski definition) is 2. The van der Waals surface area contributed by atoms with E-state index in [1.54, 1.807) is 12.4 Å². The first-order valence-electron chi connectivity index (χ1n) is 7.12. The van der Waals surface area contributed by atoms with Crippen LogP contribution in [0.3, 0.4) is 0 Å². The minimum absolute atomic E-state index is 0.0692. The SMILES string of the molecule is O=S(=O)(c1ccc(C(F)(F)F)cc1)N1Cc2cn[nH]c2C2SNC=C21. The van der Waals surface area contributed by atoms with Gasteiger partial charge in [-0.1, -0.05) is 0 Å². The van der Waals surface area contributed by atoms with E-state index in [-0.39, 0.29) is 16.7 Å². The van der Waals surface area contributed by atoms with Gasteiger partial charge in [0.05, 0.1) is 34.6 Å². The Balaban J connectivity index is 1.73. The summed E-state index contributed by atoms with van der Waals surface area (Å²) in [4.78, 5) is -0.191. The molecular formula is C14H11F3N4O2S2. The van der Waals surface area contributed by atoms with Crippen LogP contribution in [0.4, 0.5) is 13.2 Å². The van der Waals surface area contributed by atoms with Crippen LogP contribution in [0.2, 0.25) is 0 Å². The minimum Gasteiger partial charge on any atom is -0.334 e. The molecular weight excluding hydrogens is 377 g/mol. The molecule has 1 aromatic heterocycles. The lowest BCUT2D eigenvalue weighted by Crippen LogP contribution is -2.34. The number of hydrogen-bond acceptors (Lipinski definition) is 5. The number of rotatable bonds is 2. The number of aromatic amines is 1. The fourth-order valence-electron chi connectivity index (χ4n) is 2.80. The van der Waals surface area contributed by atoms with Crippen molar-refractivity contribution in [3.05, 3.63) is 59.2 Å². The van der Waals surface area contributed by atoms with Crippen LogP contribution in [0.25, 0.3) is 0 Å². The fraction of sp³-hybridized carbons (Fsp3) is 0.214. The van der Waals surface area contributed by atoms with E-state index in [1.807, 2.05) is 0 Å². The zero-order chi connectivity index (χ0) is 17.8. The van der Waals surface area contributed by atoms with Gasteiger partial charge in [0.1, 0.15) is 5.25 Å². The van der Waals surface area contributed by atoms with Gasteiger partial charge in [-0.3, -0.25) is 9.40 Å². The summed E-state index contributed by atoms with van der Waals surface area (Å²) in [6.45, 7) is 0.0692. The molecule has 4 rings (SSSR count). The lowest BCUT2D eigenvalue weighted by Gasteiger charge is -2.32. The highest BCUT2D eigenvalue weighted by atomic mass is 32.2. The van der Waals surface area contributed by atoms with Gasteiger partial charge in [0, 0.05) is 11.8 Å². The quantitative estimate of drug-likeness (QED) is 0.774. The zero-order valence-corrected chi connectivity index (χ0v) is 14.0. The van der Waals surface area contributed by atoms with E-state index in [0.29, 0.717) is 5.70 Å². The van der Waals surface area contributed by atoms with Gasteiger partial charge in [-0.05, 0) is 36.2 Å². The molecule has 3 heterocycles. The van der Waals surface area contributed by atoms with Crippen LogP contribution in [0, 0.1) is 0 Å². The van der Waals surface area contributed by atoms with Crippen molar-refractivity contribution in [3.8, 4) is 0 Å².